The van der Waals surface area contributed by atoms with Gasteiger partial charge >= 0.3 is 5.97 Å². The number of hydrogen-bond donors (Lipinski definition) is 1. The number of pyridine rings is 1. The molecule has 0 aliphatic carbocycles. The molecule has 106 valence electrons. The molecule has 19 heavy (non-hydrogen) atoms. The maximum absolute atomic E-state index is 11.5. The number of methoxy groups -OCH3 is 1. The van der Waals surface area contributed by atoms with Crippen LogP contribution in [0.4, 0.5) is 5.82 Å². The molecule has 0 atom stereocenters. The van der Waals surface area contributed by atoms with Gasteiger partial charge in [0, 0.05) is 17.5 Å². The van der Waals surface area contributed by atoms with Crippen molar-refractivity contribution in [2.75, 3.05) is 25.2 Å². The molecule has 1 heterocycles. The lowest BCUT2D eigenvalue weighted by molar-refractivity contribution is 0.0600. The minimum atomic E-state index is -0.340. The predicted octanol–water partition coefficient (Wildman–Crippen LogP) is 3.20. The number of rotatable bonds is 7. The topological polar surface area (TPSA) is 51.2 Å². The van der Waals surface area contributed by atoms with Crippen LogP contribution in [-0.4, -0.2) is 35.6 Å². The molecule has 1 rings (SSSR count). The average molecular weight is 282 g/mol. The Morgan fingerprint density at radius 3 is 2.68 bits per heavy atom. The Labute approximate surface area is 119 Å². The van der Waals surface area contributed by atoms with E-state index in [9.17, 15) is 4.79 Å². The maximum atomic E-state index is 11.5. The molecule has 0 radical (unpaired) electrons. The standard InChI is InChI=1S/C14H22N2O2S/c1-5-14(6-2,19-4)10-16-12-9-11(7-8-15-12)13(17)18-3/h7-9H,5-6,10H2,1-4H3,(H,15,16). The Hall–Kier alpha value is -1.23. The number of thioether (sulfide) groups is 1. The Kier molecular flexibility index (Phi) is 6.15. The molecular formula is C14H22N2O2S. The third-order valence-corrected chi connectivity index (χ3v) is 5.08. The van der Waals surface area contributed by atoms with Crippen LogP contribution in [0.15, 0.2) is 18.3 Å². The first-order chi connectivity index (χ1) is 9.10. The maximum Gasteiger partial charge on any atom is 0.338 e. The lowest BCUT2D eigenvalue weighted by Gasteiger charge is -2.30. The summed E-state index contributed by atoms with van der Waals surface area (Å²) in [7, 11) is 1.38. The first-order valence-corrected chi connectivity index (χ1v) is 7.66. The van der Waals surface area contributed by atoms with E-state index in [0.29, 0.717) is 11.4 Å². The van der Waals surface area contributed by atoms with Crippen molar-refractivity contribution in [2.45, 2.75) is 31.4 Å². The van der Waals surface area contributed by atoms with Crippen LogP contribution in [0.3, 0.4) is 0 Å². The van der Waals surface area contributed by atoms with Gasteiger partial charge in [-0.15, -0.1) is 0 Å². The van der Waals surface area contributed by atoms with Crippen molar-refractivity contribution < 1.29 is 9.53 Å². The zero-order valence-electron chi connectivity index (χ0n) is 12.0. The van der Waals surface area contributed by atoms with Crippen LogP contribution < -0.4 is 5.32 Å². The van der Waals surface area contributed by atoms with Crippen LogP contribution in [0.5, 0.6) is 0 Å². The predicted molar refractivity (Wildman–Crippen MR) is 80.9 cm³/mol. The Bertz CT molecular complexity index is 411. The van der Waals surface area contributed by atoms with E-state index in [-0.39, 0.29) is 10.7 Å². The fourth-order valence-electron chi connectivity index (χ4n) is 1.88. The van der Waals surface area contributed by atoms with E-state index < -0.39 is 0 Å². The number of anilines is 1. The molecule has 0 aliphatic rings. The Balaban J connectivity index is 2.75. The number of esters is 1. The van der Waals surface area contributed by atoms with Gasteiger partial charge in [-0.05, 0) is 31.2 Å². The molecule has 4 nitrogen and oxygen atoms in total. The van der Waals surface area contributed by atoms with Crippen LogP contribution in [-0.2, 0) is 4.74 Å². The van der Waals surface area contributed by atoms with Gasteiger partial charge in [-0.3, -0.25) is 0 Å². The molecule has 0 saturated carbocycles. The number of aromatic nitrogens is 1. The molecule has 0 aliphatic heterocycles. The highest BCUT2D eigenvalue weighted by atomic mass is 32.2. The molecule has 1 aromatic rings. The molecule has 0 amide bonds. The minimum absolute atomic E-state index is 0.211. The molecule has 1 aromatic heterocycles. The van der Waals surface area contributed by atoms with Crippen molar-refractivity contribution in [1.82, 2.24) is 4.98 Å². The van der Waals surface area contributed by atoms with E-state index in [2.05, 4.69) is 30.4 Å². The monoisotopic (exact) mass is 282 g/mol. The van der Waals surface area contributed by atoms with Crippen molar-refractivity contribution in [3.8, 4) is 0 Å². The van der Waals surface area contributed by atoms with Gasteiger partial charge in [-0.25, -0.2) is 9.78 Å². The largest absolute Gasteiger partial charge is 0.465 e. The van der Waals surface area contributed by atoms with Crippen molar-refractivity contribution in [1.29, 1.82) is 0 Å². The van der Waals surface area contributed by atoms with E-state index in [4.69, 9.17) is 4.74 Å². The van der Waals surface area contributed by atoms with Crippen LogP contribution in [0.1, 0.15) is 37.0 Å². The average Bonchev–Trinajstić information content (AvgIpc) is 2.48. The van der Waals surface area contributed by atoms with Crippen LogP contribution in [0.25, 0.3) is 0 Å². The summed E-state index contributed by atoms with van der Waals surface area (Å²) in [5.41, 5.74) is 0.516. The van der Waals surface area contributed by atoms with Gasteiger partial charge in [-0.2, -0.15) is 11.8 Å². The van der Waals surface area contributed by atoms with Crippen molar-refractivity contribution >= 4 is 23.5 Å². The van der Waals surface area contributed by atoms with Crippen molar-refractivity contribution in [3.63, 3.8) is 0 Å². The Morgan fingerprint density at radius 1 is 1.47 bits per heavy atom. The van der Waals surface area contributed by atoms with Crippen molar-refractivity contribution in [2.24, 2.45) is 0 Å². The lowest BCUT2D eigenvalue weighted by Crippen LogP contribution is -2.32. The van der Waals surface area contributed by atoms with E-state index >= 15 is 0 Å². The van der Waals surface area contributed by atoms with E-state index in [1.54, 1.807) is 18.3 Å². The summed E-state index contributed by atoms with van der Waals surface area (Å²) in [6.45, 7) is 5.22. The number of nitrogens with zero attached hydrogens (tertiary/aromatic N) is 1. The summed E-state index contributed by atoms with van der Waals surface area (Å²) >= 11 is 1.87. The van der Waals surface area contributed by atoms with Crippen LogP contribution in [0.2, 0.25) is 0 Å². The third-order valence-electron chi connectivity index (χ3n) is 3.49. The number of nitrogens with one attached hydrogen (secondary N) is 1. The van der Waals surface area contributed by atoms with E-state index in [1.807, 2.05) is 11.8 Å². The smallest absolute Gasteiger partial charge is 0.338 e. The molecule has 0 unspecified atom stereocenters. The molecule has 0 spiro atoms. The van der Waals surface area contributed by atoms with Gasteiger partial charge in [0.1, 0.15) is 5.82 Å². The highest BCUT2D eigenvalue weighted by Crippen LogP contribution is 2.30. The fourth-order valence-corrected chi connectivity index (χ4v) is 2.68. The number of ether oxygens (including phenoxy) is 1. The van der Waals surface area contributed by atoms with Gasteiger partial charge in [0.15, 0.2) is 0 Å². The second kappa shape index (κ2) is 7.38. The molecule has 0 aromatic carbocycles. The van der Waals surface area contributed by atoms with E-state index in [0.717, 1.165) is 19.4 Å². The molecular weight excluding hydrogens is 260 g/mol. The fraction of sp³-hybridized carbons (Fsp3) is 0.571. The highest BCUT2D eigenvalue weighted by Gasteiger charge is 2.24. The number of hydrogen-bond acceptors (Lipinski definition) is 5. The second-order valence-electron chi connectivity index (χ2n) is 4.37. The van der Waals surface area contributed by atoms with Gasteiger partial charge < -0.3 is 10.1 Å². The molecule has 0 fully saturated rings. The lowest BCUT2D eigenvalue weighted by atomic mass is 10.0. The summed E-state index contributed by atoms with van der Waals surface area (Å²) < 4.78 is 4.91. The zero-order chi connectivity index (χ0) is 14.3. The summed E-state index contributed by atoms with van der Waals surface area (Å²) in [6, 6.07) is 3.38. The van der Waals surface area contributed by atoms with Gasteiger partial charge in [0.25, 0.3) is 0 Å². The number of carbonyl (C=O) groups is 1. The number of carbonyl (C=O) groups excluding carboxylic acids is 1. The SMILES string of the molecule is CCC(CC)(CNc1cc(C(=O)OC)ccn1)SC. The minimum Gasteiger partial charge on any atom is -0.465 e. The summed E-state index contributed by atoms with van der Waals surface area (Å²) in [4.78, 5) is 15.7. The highest BCUT2D eigenvalue weighted by molar-refractivity contribution is 8.00. The van der Waals surface area contributed by atoms with Gasteiger partial charge in [-0.1, -0.05) is 13.8 Å². The molecule has 0 saturated heterocycles. The molecule has 0 bridgehead atoms. The quantitative estimate of drug-likeness (QED) is 0.778. The molecule has 1 N–H and O–H groups in total. The first kappa shape index (κ1) is 15.8. The summed E-state index contributed by atoms with van der Waals surface area (Å²) in [5, 5.41) is 3.32. The van der Waals surface area contributed by atoms with Gasteiger partial charge in [0.2, 0.25) is 0 Å². The van der Waals surface area contributed by atoms with Crippen molar-refractivity contribution in [3.05, 3.63) is 23.9 Å². The Morgan fingerprint density at radius 2 is 2.16 bits per heavy atom. The summed E-state index contributed by atoms with van der Waals surface area (Å²) in [6.07, 6.45) is 5.93. The van der Waals surface area contributed by atoms with E-state index in [1.165, 1.54) is 7.11 Å². The zero-order valence-corrected chi connectivity index (χ0v) is 12.8. The third kappa shape index (κ3) is 4.13. The van der Waals surface area contributed by atoms with Crippen LogP contribution >= 0.6 is 11.8 Å². The van der Waals surface area contributed by atoms with Gasteiger partial charge in [0.05, 0.1) is 12.7 Å². The van der Waals surface area contributed by atoms with Crippen LogP contribution in [0, 0.1) is 0 Å². The normalized spacial score (nSPS) is 11.2. The molecule has 5 heteroatoms. The first-order valence-electron chi connectivity index (χ1n) is 6.44. The second-order valence-corrected chi connectivity index (χ2v) is 5.64. The summed E-state index contributed by atoms with van der Waals surface area (Å²) in [5.74, 6) is 0.371.